The average molecular weight is 459 g/mol. The molecule has 0 aromatic rings. The third-order valence-electron chi connectivity index (χ3n) is 9.11. The van der Waals surface area contributed by atoms with E-state index < -0.39 is 25.8 Å². The van der Waals surface area contributed by atoms with Crippen LogP contribution in [-0.2, 0) is 23.3 Å². The molecular weight excluding hydrogens is 420 g/mol. The van der Waals surface area contributed by atoms with Gasteiger partial charge in [0.1, 0.15) is 12.1 Å². The number of hydrogen-bond donors (Lipinski definition) is 0. The highest BCUT2D eigenvalue weighted by Gasteiger charge is 2.65. The van der Waals surface area contributed by atoms with Crippen molar-refractivity contribution in [3.05, 3.63) is 0 Å². The van der Waals surface area contributed by atoms with E-state index in [0.717, 1.165) is 44.8 Å². The highest BCUT2D eigenvalue weighted by Crippen LogP contribution is 2.66. The Morgan fingerprint density at radius 2 is 1.77 bits per heavy atom. The minimum absolute atomic E-state index is 0.0998. The van der Waals surface area contributed by atoms with Gasteiger partial charge in [-0.1, -0.05) is 39.5 Å². The van der Waals surface area contributed by atoms with Crippen LogP contribution in [0, 0.1) is 22.7 Å². The van der Waals surface area contributed by atoms with E-state index in [1.54, 1.807) is 0 Å². The van der Waals surface area contributed by atoms with E-state index in [9.17, 15) is 18.0 Å². The van der Waals surface area contributed by atoms with E-state index in [1.807, 2.05) is 0 Å². The van der Waals surface area contributed by atoms with Crippen LogP contribution in [0.15, 0.2) is 0 Å². The van der Waals surface area contributed by atoms with Crippen molar-refractivity contribution in [1.29, 1.82) is 0 Å². The smallest absolute Gasteiger partial charge is 0.277 e. The molecule has 0 aromatic heterocycles. The van der Waals surface area contributed by atoms with E-state index in [4.69, 9.17) is 3.63 Å². The summed E-state index contributed by atoms with van der Waals surface area (Å²) in [5, 5.41) is 0.202. The first-order valence-electron chi connectivity index (χ1n) is 11.8. The highest BCUT2D eigenvalue weighted by molar-refractivity contribution is 8.33. The van der Waals surface area contributed by atoms with Crippen LogP contribution in [0.5, 0.6) is 0 Å². The van der Waals surface area contributed by atoms with Gasteiger partial charge in [0.2, 0.25) is 0 Å². The lowest BCUT2D eigenvalue weighted by Crippen LogP contribution is -2.44. The fourth-order valence-electron chi connectivity index (χ4n) is 7.23. The molecule has 3 saturated carbocycles. The number of Topliss-reactive ketones (excluding diaryl/α,β-unsaturated/α-hetero) is 1. The second kappa shape index (κ2) is 8.18. The molecule has 0 amide bonds. The van der Waals surface area contributed by atoms with E-state index in [2.05, 4.69) is 13.8 Å². The highest BCUT2D eigenvalue weighted by atomic mass is 32.3. The molecule has 0 radical (unpaired) electrons. The Morgan fingerprint density at radius 1 is 1.07 bits per heavy atom. The summed E-state index contributed by atoms with van der Waals surface area (Å²) in [6.07, 6.45) is 11.8. The number of carbonyl (C=O) groups excluding carboxylic acids is 2. The van der Waals surface area contributed by atoms with Crippen molar-refractivity contribution in [1.82, 2.24) is 0 Å². The number of aldehydes is 1. The molecule has 4 fully saturated rings. The minimum atomic E-state index is -3.91. The van der Waals surface area contributed by atoms with E-state index in [1.165, 1.54) is 19.3 Å². The molecule has 0 spiro atoms. The zero-order valence-electron chi connectivity index (χ0n) is 18.6. The van der Waals surface area contributed by atoms with Gasteiger partial charge in [-0.3, -0.25) is 4.79 Å². The van der Waals surface area contributed by atoms with Crippen LogP contribution < -0.4 is 0 Å². The fourth-order valence-corrected chi connectivity index (χ4v) is 14.5. The third-order valence-corrected chi connectivity index (χ3v) is 15.3. The first-order valence-corrected chi connectivity index (χ1v) is 15.4. The van der Waals surface area contributed by atoms with Crippen LogP contribution in [-0.4, -0.2) is 43.0 Å². The van der Waals surface area contributed by atoms with Crippen LogP contribution in [0.4, 0.5) is 0 Å². The molecule has 4 unspecified atom stereocenters. The van der Waals surface area contributed by atoms with Gasteiger partial charge >= 0.3 is 0 Å². The molecule has 0 aromatic carbocycles. The minimum Gasteiger partial charge on any atom is -0.302 e. The van der Waals surface area contributed by atoms with Gasteiger partial charge in [-0.15, -0.1) is 10.3 Å². The number of carbonyl (C=O) groups is 2. The summed E-state index contributed by atoms with van der Waals surface area (Å²) >= 11 is 0. The van der Waals surface area contributed by atoms with Crippen molar-refractivity contribution in [2.45, 2.75) is 89.7 Å². The SMILES string of the molecule is CC1(C)C2CCC1(CS(=O)(=O)OS1(CC=O)CCCCC1C1CCCCC1)C(=O)C2. The quantitative estimate of drug-likeness (QED) is 0.513. The maximum Gasteiger partial charge on any atom is 0.277 e. The standard InChI is InChI=1S/C23H38O5S2/c1-22(2)19-11-12-23(22,21(25)16-19)17-30(26,27)28-29(15-13-24)14-7-6-10-20(29)18-8-4-3-5-9-18/h13,18-20H,3-12,14-17H2,1-2H3. The van der Waals surface area contributed by atoms with Crippen molar-refractivity contribution in [2.75, 3.05) is 17.3 Å². The second-order valence-corrected chi connectivity index (χ2v) is 15.8. The Bertz CT molecular complexity index is 785. The monoisotopic (exact) mass is 458 g/mol. The summed E-state index contributed by atoms with van der Waals surface area (Å²) < 4.78 is 33.2. The summed E-state index contributed by atoms with van der Waals surface area (Å²) in [4.78, 5) is 24.6. The Balaban J connectivity index is 1.61. The molecule has 1 heterocycles. The number of hydrogen-bond acceptors (Lipinski definition) is 5. The van der Waals surface area contributed by atoms with Crippen molar-refractivity contribution in [3.63, 3.8) is 0 Å². The Hall–Kier alpha value is -0.400. The van der Waals surface area contributed by atoms with Gasteiger partial charge in [-0.05, 0) is 55.8 Å². The lowest BCUT2D eigenvalue weighted by molar-refractivity contribution is -0.128. The van der Waals surface area contributed by atoms with Gasteiger partial charge in [-0.2, -0.15) is 8.42 Å². The average Bonchev–Trinajstić information content (AvgIpc) is 3.02. The molecule has 7 heteroatoms. The van der Waals surface area contributed by atoms with E-state index in [-0.39, 0.29) is 33.9 Å². The van der Waals surface area contributed by atoms with Crippen molar-refractivity contribution in [2.24, 2.45) is 22.7 Å². The topological polar surface area (TPSA) is 77.5 Å². The predicted molar refractivity (Wildman–Crippen MR) is 121 cm³/mol. The molecular formula is C23H38O5S2. The van der Waals surface area contributed by atoms with Gasteiger partial charge in [0.05, 0.1) is 16.9 Å². The van der Waals surface area contributed by atoms with Crippen molar-refractivity contribution in [3.8, 4) is 0 Å². The lowest BCUT2D eigenvalue weighted by atomic mass is 9.70. The molecule has 2 bridgehead atoms. The summed E-state index contributed by atoms with van der Waals surface area (Å²) in [6.45, 7) is 4.12. The molecule has 3 aliphatic carbocycles. The van der Waals surface area contributed by atoms with Gasteiger partial charge < -0.3 is 4.79 Å². The Morgan fingerprint density at radius 3 is 2.37 bits per heavy atom. The van der Waals surface area contributed by atoms with Crippen LogP contribution in [0.2, 0.25) is 0 Å². The van der Waals surface area contributed by atoms with Crippen molar-refractivity contribution >= 4 is 32.5 Å². The van der Waals surface area contributed by atoms with Gasteiger partial charge in [0.25, 0.3) is 10.1 Å². The zero-order chi connectivity index (χ0) is 21.6. The summed E-state index contributed by atoms with van der Waals surface area (Å²) in [5.74, 6) is 1.58. The molecule has 1 saturated heterocycles. The molecule has 1 aliphatic heterocycles. The summed E-state index contributed by atoms with van der Waals surface area (Å²) in [6, 6.07) is 0. The van der Waals surface area contributed by atoms with Gasteiger partial charge in [0.15, 0.2) is 0 Å². The molecule has 5 nitrogen and oxygen atoms in total. The largest absolute Gasteiger partial charge is 0.302 e. The van der Waals surface area contributed by atoms with Crippen LogP contribution >= 0.6 is 10.3 Å². The predicted octanol–water partition coefficient (Wildman–Crippen LogP) is 4.78. The van der Waals surface area contributed by atoms with E-state index >= 15 is 0 Å². The summed E-state index contributed by atoms with van der Waals surface area (Å²) in [5.41, 5.74) is -1.11. The van der Waals surface area contributed by atoms with Crippen LogP contribution in [0.1, 0.15) is 84.5 Å². The molecule has 0 N–H and O–H groups in total. The number of fused-ring (bicyclic) bond motifs is 2. The molecule has 30 heavy (non-hydrogen) atoms. The maximum atomic E-state index is 13.5. The Labute approximate surface area is 183 Å². The molecule has 4 rings (SSSR count). The summed E-state index contributed by atoms with van der Waals surface area (Å²) in [7, 11) is -5.94. The molecule has 4 atom stereocenters. The van der Waals surface area contributed by atoms with Crippen LogP contribution in [0.25, 0.3) is 0 Å². The molecule has 172 valence electrons. The zero-order valence-corrected chi connectivity index (χ0v) is 20.2. The van der Waals surface area contributed by atoms with Crippen molar-refractivity contribution < 1.29 is 21.6 Å². The Kier molecular flexibility index (Phi) is 6.21. The normalized spacial score (nSPS) is 41.5. The van der Waals surface area contributed by atoms with E-state index in [0.29, 0.717) is 24.5 Å². The van der Waals surface area contributed by atoms with Gasteiger partial charge in [-0.25, -0.2) is 3.63 Å². The van der Waals surface area contributed by atoms with Gasteiger partial charge in [0, 0.05) is 17.4 Å². The maximum absolute atomic E-state index is 13.5. The first-order chi connectivity index (χ1) is 14.2. The fraction of sp³-hybridized carbons (Fsp3) is 0.913. The second-order valence-electron chi connectivity index (χ2n) is 10.8. The number of ketones is 1. The third kappa shape index (κ3) is 3.71. The van der Waals surface area contributed by atoms with Crippen LogP contribution in [0.3, 0.4) is 0 Å². The first kappa shape index (κ1) is 22.8. The lowest BCUT2D eigenvalue weighted by Gasteiger charge is -2.51. The molecule has 4 aliphatic rings. The number of rotatable bonds is 7.